The minimum absolute atomic E-state index is 0.335. The number of aliphatic carboxylic acids is 1. The number of carboxylic acids is 1. The average Bonchev–Trinajstić information content (AvgIpc) is 3.25. The van der Waals surface area contributed by atoms with Crippen LogP contribution in [0.1, 0.15) is 31.7 Å². The molecule has 0 saturated heterocycles. The molecule has 2 rings (SSSR count). The second-order valence-electron chi connectivity index (χ2n) is 5.06. The van der Waals surface area contributed by atoms with Gasteiger partial charge in [0.1, 0.15) is 11.2 Å². The van der Waals surface area contributed by atoms with Crippen molar-refractivity contribution in [2.45, 2.75) is 32.7 Å². The Labute approximate surface area is 117 Å². The fourth-order valence-corrected chi connectivity index (χ4v) is 1.94. The zero-order valence-electron chi connectivity index (χ0n) is 11.5. The van der Waals surface area contributed by atoms with Gasteiger partial charge in [-0.2, -0.15) is 0 Å². The molecule has 0 spiro atoms. The van der Waals surface area contributed by atoms with E-state index >= 15 is 0 Å². The number of rotatable bonds is 7. The Morgan fingerprint density at radius 3 is 2.45 bits per heavy atom. The third kappa shape index (κ3) is 3.10. The molecule has 0 heterocycles. The van der Waals surface area contributed by atoms with Crippen LogP contribution in [0, 0.1) is 5.41 Å². The predicted octanol–water partition coefficient (Wildman–Crippen LogP) is 1.96. The van der Waals surface area contributed by atoms with Gasteiger partial charge in [0.15, 0.2) is 0 Å². The van der Waals surface area contributed by atoms with Gasteiger partial charge < -0.3 is 15.2 Å². The molecule has 108 valence electrons. The van der Waals surface area contributed by atoms with Crippen LogP contribution in [0.5, 0.6) is 5.75 Å². The molecule has 1 amide bonds. The third-order valence-electron chi connectivity index (χ3n) is 3.44. The van der Waals surface area contributed by atoms with E-state index in [1.165, 1.54) is 0 Å². The van der Waals surface area contributed by atoms with Gasteiger partial charge in [0.25, 0.3) is 0 Å². The standard InChI is InChI=1S/C15H19NO4/c1-2-9-20-12-5-3-11(4-6-12)10-16-13(17)15(7-8-15)14(18)19/h3-6H,2,7-10H2,1H3,(H,16,17)(H,18,19). The maximum Gasteiger partial charge on any atom is 0.319 e. The molecule has 0 unspecified atom stereocenters. The lowest BCUT2D eigenvalue weighted by atomic mass is 10.1. The predicted molar refractivity (Wildman–Crippen MR) is 73.4 cm³/mol. The van der Waals surface area contributed by atoms with Gasteiger partial charge >= 0.3 is 5.97 Å². The Hall–Kier alpha value is -2.04. The van der Waals surface area contributed by atoms with Crippen LogP contribution in [-0.4, -0.2) is 23.6 Å². The van der Waals surface area contributed by atoms with E-state index < -0.39 is 17.3 Å². The van der Waals surface area contributed by atoms with Gasteiger partial charge in [-0.05, 0) is 37.0 Å². The average molecular weight is 277 g/mol. The fraction of sp³-hybridized carbons (Fsp3) is 0.467. The summed E-state index contributed by atoms with van der Waals surface area (Å²) in [7, 11) is 0. The lowest BCUT2D eigenvalue weighted by molar-refractivity contribution is -0.149. The minimum atomic E-state index is -1.18. The highest BCUT2D eigenvalue weighted by molar-refractivity contribution is 6.04. The molecule has 0 radical (unpaired) electrons. The SMILES string of the molecule is CCCOc1ccc(CNC(=O)C2(C(=O)O)CC2)cc1. The minimum Gasteiger partial charge on any atom is -0.494 e. The summed E-state index contributed by atoms with van der Waals surface area (Å²) in [5, 5.41) is 11.7. The Kier molecular flexibility index (Phi) is 4.27. The molecule has 0 aromatic heterocycles. The molecule has 1 aromatic rings. The third-order valence-corrected chi connectivity index (χ3v) is 3.44. The van der Waals surface area contributed by atoms with E-state index in [1.807, 2.05) is 31.2 Å². The number of benzene rings is 1. The topological polar surface area (TPSA) is 75.6 Å². The molecular formula is C15H19NO4. The van der Waals surface area contributed by atoms with Crippen molar-refractivity contribution in [2.24, 2.45) is 5.41 Å². The number of amides is 1. The molecule has 0 atom stereocenters. The Morgan fingerprint density at radius 1 is 1.30 bits per heavy atom. The van der Waals surface area contributed by atoms with Crippen LogP contribution in [0.3, 0.4) is 0 Å². The second kappa shape index (κ2) is 5.94. The smallest absolute Gasteiger partial charge is 0.319 e. The summed E-state index contributed by atoms with van der Waals surface area (Å²) in [6, 6.07) is 7.43. The van der Waals surface area contributed by atoms with Crippen molar-refractivity contribution in [2.75, 3.05) is 6.61 Å². The zero-order chi connectivity index (χ0) is 14.6. The van der Waals surface area contributed by atoms with Gasteiger partial charge in [-0.1, -0.05) is 19.1 Å². The van der Waals surface area contributed by atoms with E-state index in [9.17, 15) is 9.59 Å². The molecule has 5 heteroatoms. The molecule has 20 heavy (non-hydrogen) atoms. The monoisotopic (exact) mass is 277 g/mol. The number of carbonyl (C=O) groups is 2. The van der Waals surface area contributed by atoms with Crippen molar-refractivity contribution in [3.05, 3.63) is 29.8 Å². The highest BCUT2D eigenvalue weighted by Gasteiger charge is 2.56. The summed E-state index contributed by atoms with van der Waals surface area (Å²) in [6.45, 7) is 3.05. The number of ether oxygens (including phenoxy) is 1. The van der Waals surface area contributed by atoms with Crippen molar-refractivity contribution in [3.63, 3.8) is 0 Å². The lowest BCUT2D eigenvalue weighted by Crippen LogP contribution is -2.36. The molecule has 0 aliphatic heterocycles. The molecule has 1 aliphatic carbocycles. The van der Waals surface area contributed by atoms with Gasteiger partial charge in [-0.25, -0.2) is 0 Å². The first-order valence-corrected chi connectivity index (χ1v) is 6.82. The summed E-state index contributed by atoms with van der Waals surface area (Å²) >= 11 is 0. The number of hydrogen-bond donors (Lipinski definition) is 2. The van der Waals surface area contributed by atoms with Crippen molar-refractivity contribution in [1.29, 1.82) is 0 Å². The second-order valence-corrected chi connectivity index (χ2v) is 5.06. The van der Waals surface area contributed by atoms with Gasteiger partial charge in [0.2, 0.25) is 5.91 Å². The molecule has 0 bridgehead atoms. The maximum absolute atomic E-state index is 11.8. The van der Waals surface area contributed by atoms with E-state index in [0.717, 1.165) is 17.7 Å². The van der Waals surface area contributed by atoms with Crippen LogP contribution in [0.15, 0.2) is 24.3 Å². The van der Waals surface area contributed by atoms with Crippen molar-refractivity contribution >= 4 is 11.9 Å². The molecule has 1 saturated carbocycles. The van der Waals surface area contributed by atoms with Gasteiger partial charge in [0, 0.05) is 6.54 Å². The Bertz CT molecular complexity index is 491. The van der Waals surface area contributed by atoms with E-state index in [4.69, 9.17) is 9.84 Å². The molecule has 2 N–H and O–H groups in total. The largest absolute Gasteiger partial charge is 0.494 e. The van der Waals surface area contributed by atoms with Crippen molar-refractivity contribution in [1.82, 2.24) is 5.32 Å². The normalized spacial score (nSPS) is 15.4. The summed E-state index contributed by atoms with van der Waals surface area (Å²) in [5.74, 6) is -0.624. The summed E-state index contributed by atoms with van der Waals surface area (Å²) in [5.41, 5.74) is -0.257. The zero-order valence-corrected chi connectivity index (χ0v) is 11.5. The van der Waals surface area contributed by atoms with E-state index in [1.54, 1.807) is 0 Å². The highest BCUT2D eigenvalue weighted by Crippen LogP contribution is 2.46. The molecule has 5 nitrogen and oxygen atoms in total. The number of carbonyl (C=O) groups excluding carboxylic acids is 1. The maximum atomic E-state index is 11.8. The van der Waals surface area contributed by atoms with Crippen LogP contribution >= 0.6 is 0 Å². The van der Waals surface area contributed by atoms with Gasteiger partial charge in [0.05, 0.1) is 6.61 Å². The van der Waals surface area contributed by atoms with Crippen LogP contribution in [0.2, 0.25) is 0 Å². The molecule has 1 aromatic carbocycles. The summed E-state index contributed by atoms with van der Waals surface area (Å²) in [6.07, 6.45) is 1.81. The van der Waals surface area contributed by atoms with Crippen LogP contribution in [0.25, 0.3) is 0 Å². The van der Waals surface area contributed by atoms with Crippen LogP contribution in [-0.2, 0) is 16.1 Å². The number of carboxylic acid groups (broad SMARTS) is 1. The van der Waals surface area contributed by atoms with E-state index in [-0.39, 0.29) is 0 Å². The quantitative estimate of drug-likeness (QED) is 0.747. The first kappa shape index (κ1) is 14.4. The first-order chi connectivity index (χ1) is 9.58. The van der Waals surface area contributed by atoms with Gasteiger partial charge in [-0.3, -0.25) is 9.59 Å². The summed E-state index contributed by atoms with van der Waals surface area (Å²) < 4.78 is 5.47. The molecule has 1 aliphatic rings. The van der Waals surface area contributed by atoms with Gasteiger partial charge in [-0.15, -0.1) is 0 Å². The summed E-state index contributed by atoms with van der Waals surface area (Å²) in [4.78, 5) is 22.8. The Morgan fingerprint density at radius 2 is 1.95 bits per heavy atom. The Balaban J connectivity index is 1.85. The van der Waals surface area contributed by atoms with Crippen LogP contribution in [0.4, 0.5) is 0 Å². The van der Waals surface area contributed by atoms with E-state index in [2.05, 4.69) is 5.32 Å². The highest BCUT2D eigenvalue weighted by atomic mass is 16.5. The van der Waals surface area contributed by atoms with E-state index in [0.29, 0.717) is 26.0 Å². The first-order valence-electron chi connectivity index (χ1n) is 6.82. The van der Waals surface area contributed by atoms with Crippen molar-refractivity contribution < 1.29 is 19.4 Å². The molecular weight excluding hydrogens is 258 g/mol. The van der Waals surface area contributed by atoms with Crippen molar-refractivity contribution in [3.8, 4) is 5.75 Å². The number of hydrogen-bond acceptors (Lipinski definition) is 3. The number of nitrogens with one attached hydrogen (secondary N) is 1. The fourth-order valence-electron chi connectivity index (χ4n) is 1.94. The lowest BCUT2D eigenvalue weighted by Gasteiger charge is -2.11. The molecule has 1 fully saturated rings. The van der Waals surface area contributed by atoms with Crippen LogP contribution < -0.4 is 10.1 Å².